The zero-order chi connectivity index (χ0) is 29.2. The van der Waals surface area contributed by atoms with E-state index in [1.54, 1.807) is 18.2 Å². The van der Waals surface area contributed by atoms with E-state index in [1.807, 2.05) is 24.3 Å². The topological polar surface area (TPSA) is 58.0 Å². The molecule has 3 aliphatic rings. The van der Waals surface area contributed by atoms with E-state index in [0.29, 0.717) is 27.9 Å². The van der Waals surface area contributed by atoms with Gasteiger partial charge in [-0.3, -0.25) is 4.79 Å². The van der Waals surface area contributed by atoms with Gasteiger partial charge in [-0.25, -0.2) is 4.85 Å². The standard InChI is InChI=1S/C34H41ClN4O2/c1-33(2)31(34(3,4)32(33)41-27-12-13-29(36-5)28(35)22-27)38-30(40)25-10-8-23(9-11-25)6-7-24-16-20-39(21-17-24)26-14-18-37-19-15-26/h8-13,22,24,26,31-32,37H,14-21H2,1-4H3,(H,38,40). The van der Waals surface area contributed by atoms with E-state index in [1.165, 1.54) is 12.8 Å². The number of rotatable bonds is 5. The molecule has 1 amide bonds. The van der Waals surface area contributed by atoms with Crippen LogP contribution in [0.15, 0.2) is 42.5 Å². The van der Waals surface area contributed by atoms with E-state index in [0.717, 1.165) is 50.6 Å². The van der Waals surface area contributed by atoms with Crippen LogP contribution >= 0.6 is 11.6 Å². The van der Waals surface area contributed by atoms with Crippen LogP contribution < -0.4 is 15.4 Å². The van der Waals surface area contributed by atoms with Gasteiger partial charge >= 0.3 is 0 Å². The Morgan fingerprint density at radius 2 is 1.71 bits per heavy atom. The zero-order valence-electron chi connectivity index (χ0n) is 24.6. The molecule has 41 heavy (non-hydrogen) atoms. The Hall–Kier alpha value is -3.03. The van der Waals surface area contributed by atoms with Gasteiger partial charge in [-0.15, -0.1) is 0 Å². The summed E-state index contributed by atoms with van der Waals surface area (Å²) in [6.45, 7) is 20.2. The van der Waals surface area contributed by atoms with Gasteiger partial charge in [0.05, 0.1) is 11.6 Å². The van der Waals surface area contributed by atoms with E-state index in [2.05, 4.69) is 59.9 Å². The molecule has 1 saturated carbocycles. The van der Waals surface area contributed by atoms with Crippen molar-refractivity contribution in [2.45, 2.75) is 71.6 Å². The highest BCUT2D eigenvalue weighted by molar-refractivity contribution is 6.33. The van der Waals surface area contributed by atoms with Crippen LogP contribution in [0, 0.1) is 35.2 Å². The molecule has 0 unspecified atom stereocenters. The van der Waals surface area contributed by atoms with Gasteiger partial charge in [-0.1, -0.05) is 57.2 Å². The van der Waals surface area contributed by atoms with Crippen LogP contribution in [0.5, 0.6) is 5.75 Å². The summed E-state index contributed by atoms with van der Waals surface area (Å²) in [6.07, 6.45) is 4.65. The number of amides is 1. The molecule has 0 spiro atoms. The Bertz CT molecular complexity index is 1340. The number of piperidine rings is 2. The number of ether oxygens (including phenoxy) is 1. The number of benzene rings is 2. The monoisotopic (exact) mass is 572 g/mol. The second kappa shape index (κ2) is 12.1. The van der Waals surface area contributed by atoms with Crippen LogP contribution in [0.4, 0.5) is 5.69 Å². The Morgan fingerprint density at radius 1 is 1.05 bits per heavy atom. The molecule has 6 nitrogen and oxygen atoms in total. The lowest BCUT2D eigenvalue weighted by Crippen LogP contribution is -2.74. The molecule has 0 bridgehead atoms. The third-order valence-corrected chi connectivity index (χ3v) is 9.63. The highest BCUT2D eigenvalue weighted by atomic mass is 35.5. The second-order valence-corrected chi connectivity index (χ2v) is 13.3. The summed E-state index contributed by atoms with van der Waals surface area (Å²) in [4.78, 5) is 19.3. The summed E-state index contributed by atoms with van der Waals surface area (Å²) in [7, 11) is 0. The number of halogens is 1. The molecule has 2 aromatic carbocycles. The number of likely N-dealkylation sites (tertiary alicyclic amines) is 1. The molecule has 7 heteroatoms. The molecule has 2 aliphatic heterocycles. The minimum atomic E-state index is -0.307. The lowest BCUT2D eigenvalue weighted by atomic mass is 9.49. The van der Waals surface area contributed by atoms with Crippen LogP contribution in [0.2, 0.25) is 5.02 Å². The number of carbonyl (C=O) groups excluding carboxylic acids is 1. The summed E-state index contributed by atoms with van der Waals surface area (Å²) in [5.41, 5.74) is 1.37. The predicted molar refractivity (Wildman–Crippen MR) is 164 cm³/mol. The lowest BCUT2D eigenvalue weighted by Gasteiger charge is -2.63. The highest BCUT2D eigenvalue weighted by Crippen LogP contribution is 2.55. The quantitative estimate of drug-likeness (QED) is 0.325. The summed E-state index contributed by atoms with van der Waals surface area (Å²) >= 11 is 6.22. The third-order valence-electron chi connectivity index (χ3n) is 9.33. The van der Waals surface area contributed by atoms with Gasteiger partial charge in [0.1, 0.15) is 11.9 Å². The Labute approximate surface area is 250 Å². The molecule has 0 radical (unpaired) electrons. The van der Waals surface area contributed by atoms with Crippen molar-refractivity contribution in [2.24, 2.45) is 16.7 Å². The number of hydrogen-bond acceptors (Lipinski definition) is 4. The van der Waals surface area contributed by atoms with Crippen molar-refractivity contribution in [3.05, 3.63) is 70.0 Å². The largest absolute Gasteiger partial charge is 0.489 e. The third kappa shape index (κ3) is 6.26. The van der Waals surface area contributed by atoms with Crippen LogP contribution in [-0.2, 0) is 0 Å². The van der Waals surface area contributed by atoms with Gasteiger partial charge in [0.2, 0.25) is 5.69 Å². The van der Waals surface area contributed by atoms with E-state index < -0.39 is 0 Å². The Kier molecular flexibility index (Phi) is 8.67. The molecule has 2 saturated heterocycles. The van der Waals surface area contributed by atoms with E-state index in [4.69, 9.17) is 22.9 Å². The summed E-state index contributed by atoms with van der Waals surface area (Å²) in [5, 5.41) is 7.10. The number of nitrogens with one attached hydrogen (secondary N) is 2. The average Bonchev–Trinajstić information content (AvgIpc) is 2.98. The first-order valence-electron chi connectivity index (χ1n) is 14.8. The van der Waals surface area contributed by atoms with Gasteiger partial charge in [0.15, 0.2) is 0 Å². The first-order valence-corrected chi connectivity index (χ1v) is 15.2. The maximum absolute atomic E-state index is 13.2. The van der Waals surface area contributed by atoms with Gasteiger partial charge in [-0.05, 0) is 88.3 Å². The maximum Gasteiger partial charge on any atom is 0.251 e. The minimum absolute atomic E-state index is 0.0827. The molecule has 1 aliphatic carbocycles. The Balaban J connectivity index is 1.15. The van der Waals surface area contributed by atoms with Crippen LogP contribution in [0.25, 0.3) is 4.85 Å². The molecule has 216 valence electrons. The van der Waals surface area contributed by atoms with Crippen LogP contribution in [0.3, 0.4) is 0 Å². The molecule has 0 atom stereocenters. The van der Waals surface area contributed by atoms with Gasteiger partial charge in [0.25, 0.3) is 5.91 Å². The maximum atomic E-state index is 13.2. The number of hydrogen-bond donors (Lipinski definition) is 2. The Morgan fingerprint density at radius 3 is 2.32 bits per heavy atom. The average molecular weight is 573 g/mol. The van der Waals surface area contributed by atoms with Gasteiger partial charge < -0.3 is 20.3 Å². The van der Waals surface area contributed by atoms with Gasteiger partial charge in [0, 0.05) is 40.0 Å². The van der Waals surface area contributed by atoms with Crippen molar-refractivity contribution in [1.29, 1.82) is 0 Å². The van der Waals surface area contributed by atoms with Crippen molar-refractivity contribution >= 4 is 23.2 Å². The fourth-order valence-corrected chi connectivity index (χ4v) is 7.49. The summed E-state index contributed by atoms with van der Waals surface area (Å²) in [5.74, 6) is 7.82. The van der Waals surface area contributed by atoms with Crippen LogP contribution in [0.1, 0.15) is 69.3 Å². The molecular weight excluding hydrogens is 532 g/mol. The van der Waals surface area contributed by atoms with Crippen molar-refractivity contribution in [3.8, 4) is 17.6 Å². The van der Waals surface area contributed by atoms with Gasteiger partial charge in [-0.2, -0.15) is 0 Å². The number of nitrogens with zero attached hydrogens (tertiary/aromatic N) is 2. The predicted octanol–water partition coefficient (Wildman–Crippen LogP) is 6.32. The first kappa shape index (κ1) is 29.5. The second-order valence-electron chi connectivity index (χ2n) is 12.9. The molecule has 2 heterocycles. The molecule has 2 N–H and O–H groups in total. The van der Waals surface area contributed by atoms with Crippen molar-refractivity contribution in [1.82, 2.24) is 15.5 Å². The van der Waals surface area contributed by atoms with Crippen molar-refractivity contribution in [3.63, 3.8) is 0 Å². The minimum Gasteiger partial charge on any atom is -0.489 e. The van der Waals surface area contributed by atoms with E-state index in [-0.39, 0.29) is 28.9 Å². The van der Waals surface area contributed by atoms with E-state index in [9.17, 15) is 4.79 Å². The molecule has 3 fully saturated rings. The molecular formula is C34H41ClN4O2. The van der Waals surface area contributed by atoms with E-state index >= 15 is 0 Å². The molecule has 5 rings (SSSR count). The van der Waals surface area contributed by atoms with Crippen LogP contribution in [-0.4, -0.2) is 55.2 Å². The molecule has 0 aromatic heterocycles. The lowest BCUT2D eigenvalue weighted by molar-refractivity contribution is -0.164. The number of carbonyl (C=O) groups is 1. The first-order chi connectivity index (χ1) is 19.6. The fourth-order valence-electron chi connectivity index (χ4n) is 7.27. The summed E-state index contributed by atoms with van der Waals surface area (Å²) in [6, 6.07) is 13.4. The SMILES string of the molecule is [C-]#[N+]c1ccc(OC2C(C)(C)C(NC(=O)c3ccc(C#CC4CCN(C5CCNCC5)CC4)cc3)C2(C)C)cc1Cl. The molecule has 2 aromatic rings. The summed E-state index contributed by atoms with van der Waals surface area (Å²) < 4.78 is 6.35. The van der Waals surface area contributed by atoms with Crippen molar-refractivity contribution in [2.75, 3.05) is 26.2 Å². The zero-order valence-corrected chi connectivity index (χ0v) is 25.4. The van der Waals surface area contributed by atoms with Crippen molar-refractivity contribution < 1.29 is 9.53 Å². The highest BCUT2D eigenvalue weighted by Gasteiger charge is 2.64. The normalized spacial score (nSPS) is 24.3. The fraction of sp³-hybridized carbons (Fsp3) is 0.529. The smallest absolute Gasteiger partial charge is 0.251 e.